The van der Waals surface area contributed by atoms with Gasteiger partial charge in [-0.15, -0.1) is 0 Å². The van der Waals surface area contributed by atoms with Gasteiger partial charge in [0.05, 0.1) is 0 Å². The molecule has 3 nitrogen and oxygen atoms in total. The Kier molecular flexibility index (Phi) is 0.860. The minimum atomic E-state index is 0.183. The summed E-state index contributed by atoms with van der Waals surface area (Å²) >= 11 is 0. The molecular weight excluding hydrogens is 116 g/mol. The van der Waals surface area contributed by atoms with E-state index in [0.29, 0.717) is 6.54 Å². The van der Waals surface area contributed by atoms with Gasteiger partial charge in [0.25, 0.3) is 0 Å². The number of fused-ring (bicyclic) bond motifs is 1. The summed E-state index contributed by atoms with van der Waals surface area (Å²) in [5.74, 6) is 1.20. The van der Waals surface area contributed by atoms with E-state index < -0.39 is 0 Å². The number of hydrogen-bond donors (Lipinski definition) is 0. The number of amidine groups is 1. The summed E-state index contributed by atoms with van der Waals surface area (Å²) in [6.07, 6.45) is 2.11. The molecule has 9 heavy (non-hydrogen) atoms. The van der Waals surface area contributed by atoms with Crippen LogP contribution in [0.2, 0.25) is 0 Å². The number of carbonyl (C=O) groups is 1. The molecule has 0 N–H and O–H groups in total. The van der Waals surface area contributed by atoms with Crippen LogP contribution >= 0.6 is 0 Å². The van der Waals surface area contributed by atoms with Crippen molar-refractivity contribution in [2.75, 3.05) is 13.1 Å². The zero-order chi connectivity index (χ0) is 6.27. The highest BCUT2D eigenvalue weighted by atomic mass is 16.2. The average molecular weight is 124 g/mol. The quantitative estimate of drug-likeness (QED) is 0.448. The van der Waals surface area contributed by atoms with Crippen LogP contribution in [0.3, 0.4) is 0 Å². The first-order valence-corrected chi connectivity index (χ1v) is 3.21. The molecule has 1 saturated heterocycles. The fraction of sp³-hybridized carbons (Fsp3) is 0.667. The first-order valence-electron chi connectivity index (χ1n) is 3.21. The molecule has 2 aliphatic rings. The van der Waals surface area contributed by atoms with E-state index in [-0.39, 0.29) is 5.91 Å². The lowest BCUT2D eigenvalue weighted by Crippen LogP contribution is -2.26. The third-order valence-electron chi connectivity index (χ3n) is 1.79. The Labute approximate surface area is 53.4 Å². The fourth-order valence-corrected chi connectivity index (χ4v) is 1.34. The lowest BCUT2D eigenvalue weighted by Gasteiger charge is -2.06. The Morgan fingerprint density at radius 1 is 1.56 bits per heavy atom. The molecule has 0 aromatic rings. The molecule has 0 atom stereocenters. The molecule has 0 unspecified atom stereocenters. The first-order chi connectivity index (χ1) is 4.38. The van der Waals surface area contributed by atoms with Crippen molar-refractivity contribution in [3.05, 3.63) is 0 Å². The van der Waals surface area contributed by atoms with E-state index in [0.717, 1.165) is 25.2 Å². The molecule has 0 radical (unpaired) electrons. The highest BCUT2D eigenvalue weighted by Gasteiger charge is 2.28. The minimum Gasteiger partial charge on any atom is -0.299 e. The van der Waals surface area contributed by atoms with Crippen molar-refractivity contribution >= 4 is 11.7 Å². The maximum absolute atomic E-state index is 10.9. The summed E-state index contributed by atoms with van der Waals surface area (Å²) in [5, 5.41) is 0. The van der Waals surface area contributed by atoms with Crippen LogP contribution in [0.25, 0.3) is 0 Å². The van der Waals surface area contributed by atoms with Crippen molar-refractivity contribution in [1.82, 2.24) is 4.90 Å². The van der Waals surface area contributed by atoms with Gasteiger partial charge in [0.15, 0.2) is 0 Å². The van der Waals surface area contributed by atoms with Crippen molar-refractivity contribution in [1.29, 1.82) is 0 Å². The summed E-state index contributed by atoms with van der Waals surface area (Å²) in [4.78, 5) is 16.7. The molecule has 0 spiro atoms. The molecule has 0 aliphatic carbocycles. The lowest BCUT2D eigenvalue weighted by atomic mass is 10.4. The van der Waals surface area contributed by atoms with Gasteiger partial charge < -0.3 is 0 Å². The molecular formula is C6H8N2O. The summed E-state index contributed by atoms with van der Waals surface area (Å²) in [5.41, 5.74) is 0. The van der Waals surface area contributed by atoms with Crippen LogP contribution in [0.15, 0.2) is 4.99 Å². The SMILES string of the molecule is O=C1CN=C2CCCN12. The number of hydrogen-bond acceptors (Lipinski definition) is 2. The van der Waals surface area contributed by atoms with Crippen molar-refractivity contribution in [2.24, 2.45) is 4.99 Å². The Morgan fingerprint density at radius 3 is 3.22 bits per heavy atom. The molecule has 2 rings (SSSR count). The van der Waals surface area contributed by atoms with E-state index in [9.17, 15) is 4.79 Å². The van der Waals surface area contributed by atoms with Crippen LogP contribution in [0, 0.1) is 0 Å². The van der Waals surface area contributed by atoms with Crippen molar-refractivity contribution in [3.8, 4) is 0 Å². The fourth-order valence-electron chi connectivity index (χ4n) is 1.34. The topological polar surface area (TPSA) is 32.7 Å². The standard InChI is InChI=1S/C6H8N2O/c9-6-4-7-5-2-1-3-8(5)6/h1-4H2. The van der Waals surface area contributed by atoms with E-state index in [1.807, 2.05) is 0 Å². The van der Waals surface area contributed by atoms with Crippen LogP contribution in [0.4, 0.5) is 0 Å². The van der Waals surface area contributed by atoms with Crippen molar-refractivity contribution < 1.29 is 4.79 Å². The van der Waals surface area contributed by atoms with Crippen LogP contribution in [-0.2, 0) is 4.79 Å². The number of carbonyl (C=O) groups excluding carboxylic acids is 1. The van der Waals surface area contributed by atoms with E-state index in [1.54, 1.807) is 4.90 Å². The summed E-state index contributed by atoms with van der Waals surface area (Å²) in [6.45, 7) is 1.30. The van der Waals surface area contributed by atoms with Gasteiger partial charge in [-0.25, -0.2) is 0 Å². The summed E-state index contributed by atoms with van der Waals surface area (Å²) in [6, 6.07) is 0. The summed E-state index contributed by atoms with van der Waals surface area (Å²) in [7, 11) is 0. The Balaban J connectivity index is 2.28. The number of rotatable bonds is 0. The molecule has 0 aromatic carbocycles. The third kappa shape index (κ3) is 0.573. The monoisotopic (exact) mass is 124 g/mol. The Morgan fingerprint density at radius 2 is 2.44 bits per heavy atom. The molecule has 1 amide bonds. The van der Waals surface area contributed by atoms with Gasteiger partial charge in [-0.3, -0.25) is 14.7 Å². The van der Waals surface area contributed by atoms with Crippen LogP contribution < -0.4 is 0 Å². The number of aliphatic imine (C=N–C) groups is 1. The van der Waals surface area contributed by atoms with Crippen LogP contribution in [0.1, 0.15) is 12.8 Å². The molecule has 1 fully saturated rings. The summed E-state index contributed by atoms with van der Waals surface area (Å²) < 4.78 is 0. The van der Waals surface area contributed by atoms with E-state index >= 15 is 0 Å². The van der Waals surface area contributed by atoms with E-state index in [1.165, 1.54) is 0 Å². The van der Waals surface area contributed by atoms with Gasteiger partial charge in [-0.1, -0.05) is 0 Å². The second kappa shape index (κ2) is 1.56. The Bertz CT molecular complexity index is 185. The van der Waals surface area contributed by atoms with Crippen molar-refractivity contribution in [2.45, 2.75) is 12.8 Å². The van der Waals surface area contributed by atoms with Gasteiger partial charge in [-0.05, 0) is 6.42 Å². The smallest absolute Gasteiger partial charge is 0.249 e. The predicted octanol–water partition coefficient (Wildman–Crippen LogP) is 0.0209. The predicted molar refractivity (Wildman–Crippen MR) is 33.2 cm³/mol. The molecule has 48 valence electrons. The second-order valence-electron chi connectivity index (χ2n) is 2.38. The lowest BCUT2D eigenvalue weighted by molar-refractivity contribution is -0.124. The maximum Gasteiger partial charge on any atom is 0.249 e. The molecule has 2 heterocycles. The molecule has 0 saturated carbocycles. The largest absolute Gasteiger partial charge is 0.299 e. The third-order valence-corrected chi connectivity index (χ3v) is 1.79. The number of amides is 1. The molecule has 3 heteroatoms. The normalized spacial score (nSPS) is 24.7. The zero-order valence-electron chi connectivity index (χ0n) is 5.13. The molecule has 0 aromatic heterocycles. The zero-order valence-corrected chi connectivity index (χ0v) is 5.13. The van der Waals surface area contributed by atoms with Crippen LogP contribution in [0.5, 0.6) is 0 Å². The van der Waals surface area contributed by atoms with E-state index in [4.69, 9.17) is 0 Å². The van der Waals surface area contributed by atoms with E-state index in [2.05, 4.69) is 4.99 Å². The molecule has 2 aliphatic heterocycles. The van der Waals surface area contributed by atoms with Gasteiger partial charge in [0.2, 0.25) is 5.91 Å². The minimum absolute atomic E-state index is 0.183. The maximum atomic E-state index is 10.9. The van der Waals surface area contributed by atoms with Gasteiger partial charge in [0, 0.05) is 13.0 Å². The average Bonchev–Trinajstić information content (AvgIpc) is 2.35. The number of nitrogens with zero attached hydrogens (tertiary/aromatic N) is 2. The highest BCUT2D eigenvalue weighted by Crippen LogP contribution is 2.15. The Hall–Kier alpha value is -0.860. The first kappa shape index (κ1) is 4.97. The van der Waals surface area contributed by atoms with Gasteiger partial charge in [-0.2, -0.15) is 0 Å². The van der Waals surface area contributed by atoms with Gasteiger partial charge in [0.1, 0.15) is 12.4 Å². The highest BCUT2D eigenvalue weighted by molar-refractivity contribution is 6.05. The van der Waals surface area contributed by atoms with Crippen molar-refractivity contribution in [3.63, 3.8) is 0 Å². The van der Waals surface area contributed by atoms with Gasteiger partial charge >= 0.3 is 0 Å². The second-order valence-corrected chi connectivity index (χ2v) is 2.38. The van der Waals surface area contributed by atoms with Crippen LogP contribution in [-0.4, -0.2) is 29.7 Å². The molecule has 0 bridgehead atoms.